The van der Waals surface area contributed by atoms with Crippen molar-refractivity contribution in [2.75, 3.05) is 34.9 Å². The molecule has 2 aromatic carbocycles. The number of fused-ring (bicyclic) bond motifs is 1. The molecule has 0 amide bonds. The number of carbonyl (C=O) groups excluding carboxylic acids is 2. The number of halogens is 1. The number of phenolic OH excluding ortho intramolecular Hbond substituents is 1. The third kappa shape index (κ3) is 3.87. The van der Waals surface area contributed by atoms with Gasteiger partial charge in [0.1, 0.15) is 11.6 Å². The smallest absolute Gasteiger partial charge is 0.319 e. The first-order chi connectivity index (χ1) is 19.2. The van der Waals surface area contributed by atoms with Crippen LogP contribution in [0.5, 0.6) is 11.5 Å². The predicted octanol–water partition coefficient (Wildman–Crippen LogP) is 4.05. The van der Waals surface area contributed by atoms with Crippen LogP contribution in [0.2, 0.25) is 0 Å². The van der Waals surface area contributed by atoms with Crippen molar-refractivity contribution in [1.82, 2.24) is 4.90 Å². The van der Waals surface area contributed by atoms with Gasteiger partial charge in [-0.2, -0.15) is 0 Å². The summed E-state index contributed by atoms with van der Waals surface area (Å²) in [5, 5.41) is 16.0. The lowest BCUT2D eigenvalue weighted by atomic mass is 9.53. The average Bonchev–Trinajstić information content (AvgIpc) is 3.39. The predicted molar refractivity (Wildman–Crippen MR) is 149 cm³/mol. The summed E-state index contributed by atoms with van der Waals surface area (Å²) in [6.45, 7) is 0.775. The Labute approximate surface area is 240 Å². The van der Waals surface area contributed by atoms with Crippen molar-refractivity contribution < 1.29 is 33.7 Å². The molecular formula is C30H31BrN2O7. The maximum Gasteiger partial charge on any atom is 0.319 e. The van der Waals surface area contributed by atoms with Gasteiger partial charge >= 0.3 is 5.97 Å². The van der Waals surface area contributed by atoms with Crippen LogP contribution in [0.25, 0.3) is 0 Å². The van der Waals surface area contributed by atoms with Crippen LogP contribution in [0.1, 0.15) is 41.2 Å². The molecular weight excluding hydrogens is 580 g/mol. The number of hydrogen-bond donors (Lipinski definition) is 1. The van der Waals surface area contributed by atoms with E-state index < -0.39 is 23.4 Å². The second kappa shape index (κ2) is 9.92. The quantitative estimate of drug-likeness (QED) is 0.505. The molecule has 0 unspecified atom stereocenters. The number of hydrogen-bond acceptors (Lipinski definition) is 9. The van der Waals surface area contributed by atoms with Gasteiger partial charge in [0.2, 0.25) is 0 Å². The van der Waals surface area contributed by atoms with Crippen LogP contribution < -0.4 is 4.74 Å². The highest BCUT2D eigenvalue weighted by Crippen LogP contribution is 2.59. The van der Waals surface area contributed by atoms with E-state index in [2.05, 4.69) is 33.0 Å². The Hall–Kier alpha value is -3.37. The molecule has 5 atom stereocenters. The molecule has 0 spiro atoms. The Morgan fingerprint density at radius 3 is 2.73 bits per heavy atom. The summed E-state index contributed by atoms with van der Waals surface area (Å²) in [5.41, 5.74) is 2.79. The summed E-state index contributed by atoms with van der Waals surface area (Å²) < 4.78 is 17.2. The van der Waals surface area contributed by atoms with Gasteiger partial charge in [-0.15, -0.1) is 0 Å². The lowest BCUT2D eigenvalue weighted by Crippen LogP contribution is -2.60. The van der Waals surface area contributed by atoms with Gasteiger partial charge in [0, 0.05) is 45.0 Å². The minimum Gasteiger partial charge on any atom is -0.504 e. The van der Waals surface area contributed by atoms with Crippen LogP contribution in [0.4, 0.5) is 0 Å². The lowest BCUT2D eigenvalue weighted by Gasteiger charge is -2.57. The first kappa shape index (κ1) is 26.8. The number of carbonyl (C=O) groups is 2. The number of piperidine rings is 1. The highest BCUT2D eigenvalue weighted by atomic mass is 79.9. The summed E-state index contributed by atoms with van der Waals surface area (Å²) >= 11 is 3.50. The van der Waals surface area contributed by atoms with E-state index in [0.29, 0.717) is 35.4 Å². The Kier molecular flexibility index (Phi) is 6.65. The van der Waals surface area contributed by atoms with Gasteiger partial charge in [0.25, 0.3) is 0 Å². The van der Waals surface area contributed by atoms with Gasteiger partial charge in [0.15, 0.2) is 29.1 Å². The van der Waals surface area contributed by atoms with Crippen LogP contribution in [0.3, 0.4) is 0 Å². The van der Waals surface area contributed by atoms with E-state index in [1.54, 1.807) is 6.07 Å². The molecule has 1 N–H and O–H groups in total. The van der Waals surface area contributed by atoms with E-state index in [-0.39, 0.29) is 35.7 Å². The zero-order valence-electron chi connectivity index (χ0n) is 22.8. The topological polar surface area (TPSA) is 107 Å². The zero-order chi connectivity index (χ0) is 28.3. The molecule has 0 aromatic heterocycles. The van der Waals surface area contributed by atoms with Gasteiger partial charge in [-0.1, -0.05) is 33.2 Å². The van der Waals surface area contributed by atoms with E-state index in [4.69, 9.17) is 19.0 Å². The molecule has 2 aliphatic carbocycles. The Bertz CT molecular complexity index is 1470. The number of likely N-dealkylation sites (N-methyl/N-ethyl adjacent to an activating group) is 1. The molecule has 1 saturated heterocycles. The highest BCUT2D eigenvalue weighted by molar-refractivity contribution is 9.10. The van der Waals surface area contributed by atoms with E-state index in [1.807, 2.05) is 30.3 Å². The number of esters is 1. The average molecular weight is 611 g/mol. The van der Waals surface area contributed by atoms with Crippen LogP contribution >= 0.6 is 15.9 Å². The molecule has 0 radical (unpaired) electrons. The van der Waals surface area contributed by atoms with Crippen LogP contribution in [0.15, 0.2) is 51.8 Å². The Balaban J connectivity index is 1.55. The molecule has 6 rings (SSSR count). The van der Waals surface area contributed by atoms with Crippen LogP contribution in [0, 0.1) is 11.8 Å². The van der Waals surface area contributed by atoms with E-state index in [1.165, 1.54) is 21.3 Å². The molecule has 2 bridgehead atoms. The minimum absolute atomic E-state index is 0.0251. The largest absolute Gasteiger partial charge is 0.504 e. The standard InChI is InChI=1S/C30H31BrN2O7/c1-33-9-8-30-14-21(34)22(37-2)13-19(30)20(33)11-17-18(12-23(38-3)27(35)25(17)30)28-24(29(36)39-4)26(32-40-28)15-6-5-7-16(31)10-15/h5-7,10,12-13,19-20,24,28,35H,8-9,11,14H2,1-4H3/t19-,20+,24+,28-,30-/m1/s1. The molecule has 40 heavy (non-hydrogen) atoms. The summed E-state index contributed by atoms with van der Waals surface area (Å²) in [5.74, 6) is -0.822. The number of ketones is 1. The number of nitrogens with zero attached hydrogens (tertiary/aromatic N) is 2. The normalized spacial score (nSPS) is 29.0. The number of allylic oxidation sites excluding steroid dienone is 1. The van der Waals surface area contributed by atoms with Gasteiger partial charge in [-0.3, -0.25) is 9.59 Å². The molecule has 10 heteroatoms. The van der Waals surface area contributed by atoms with E-state index in [0.717, 1.165) is 22.1 Å². The molecule has 4 aliphatic rings. The highest BCUT2D eigenvalue weighted by Gasteiger charge is 2.58. The third-order valence-electron chi connectivity index (χ3n) is 9.11. The minimum atomic E-state index is -0.849. The Morgan fingerprint density at radius 2 is 2.02 bits per heavy atom. The number of phenols is 1. The van der Waals surface area contributed by atoms with Crippen molar-refractivity contribution in [2.24, 2.45) is 17.0 Å². The zero-order valence-corrected chi connectivity index (χ0v) is 24.4. The molecule has 2 aromatic rings. The first-order valence-electron chi connectivity index (χ1n) is 13.2. The number of oxime groups is 1. The van der Waals surface area contributed by atoms with Gasteiger partial charge < -0.3 is 29.1 Å². The number of aromatic hydroxyl groups is 1. The van der Waals surface area contributed by atoms with Crippen molar-refractivity contribution in [2.45, 2.75) is 36.8 Å². The number of ether oxygens (including phenoxy) is 3. The van der Waals surface area contributed by atoms with Crippen LogP contribution in [-0.4, -0.2) is 68.4 Å². The summed E-state index contributed by atoms with van der Waals surface area (Å²) in [4.78, 5) is 34.9. The van der Waals surface area contributed by atoms with E-state index >= 15 is 0 Å². The molecule has 2 aliphatic heterocycles. The molecule has 0 saturated carbocycles. The Morgan fingerprint density at radius 1 is 1.23 bits per heavy atom. The van der Waals surface area contributed by atoms with E-state index in [9.17, 15) is 14.7 Å². The second-order valence-electron chi connectivity index (χ2n) is 10.9. The number of benzene rings is 2. The van der Waals surface area contributed by atoms with Crippen molar-refractivity contribution in [3.05, 3.63) is 68.9 Å². The van der Waals surface area contributed by atoms with Crippen molar-refractivity contribution in [1.29, 1.82) is 0 Å². The maximum atomic E-state index is 13.3. The summed E-state index contributed by atoms with van der Waals surface area (Å²) in [6, 6.07) is 9.30. The fourth-order valence-electron chi connectivity index (χ4n) is 7.24. The summed E-state index contributed by atoms with van der Waals surface area (Å²) in [6.07, 6.45) is 2.58. The monoisotopic (exact) mass is 610 g/mol. The van der Waals surface area contributed by atoms with Gasteiger partial charge in [0.05, 0.1) is 21.3 Å². The first-order valence-corrected chi connectivity index (χ1v) is 14.0. The molecule has 210 valence electrons. The molecule has 2 heterocycles. The third-order valence-corrected chi connectivity index (χ3v) is 9.61. The fraction of sp³-hybridized carbons (Fsp3) is 0.433. The van der Waals surface area contributed by atoms with Gasteiger partial charge in [-0.05, 0) is 56.3 Å². The number of methoxy groups -OCH3 is 3. The fourth-order valence-corrected chi connectivity index (χ4v) is 7.64. The van der Waals surface area contributed by atoms with Gasteiger partial charge in [-0.25, -0.2) is 0 Å². The number of Topliss-reactive ketones (excluding diaryl/α,β-unsaturated/α-hetero) is 1. The maximum absolute atomic E-state index is 13.3. The van der Waals surface area contributed by atoms with Crippen molar-refractivity contribution in [3.8, 4) is 11.5 Å². The SMILES string of the molecule is COC(=O)[C@H]1C(c2cccc(Br)c2)=NO[C@@H]1c1cc(OC)c(O)c2c1C[C@H]1[C@H]3C=C(OC)C(=O)C[C@@]23CCN1C. The van der Waals surface area contributed by atoms with Crippen molar-refractivity contribution >= 4 is 33.4 Å². The van der Waals surface area contributed by atoms with Crippen molar-refractivity contribution in [3.63, 3.8) is 0 Å². The lowest BCUT2D eigenvalue weighted by molar-refractivity contribution is -0.146. The number of rotatable bonds is 5. The molecule has 9 nitrogen and oxygen atoms in total. The summed E-state index contributed by atoms with van der Waals surface area (Å²) in [7, 11) is 6.44. The second-order valence-corrected chi connectivity index (χ2v) is 11.8. The molecule has 1 fully saturated rings. The number of likely N-dealkylation sites (tertiary alicyclic amines) is 1. The van der Waals surface area contributed by atoms with Crippen LogP contribution in [-0.2, 0) is 35.7 Å².